The Morgan fingerprint density at radius 3 is 2.55 bits per heavy atom. The fraction of sp³-hybridized carbons (Fsp3) is 0.645. The molecule has 1 aromatic rings. The van der Waals surface area contributed by atoms with E-state index >= 15 is 0 Å². The first-order valence-electron chi connectivity index (χ1n) is 14.4. The molecule has 0 bridgehead atoms. The average Bonchev–Trinajstić information content (AvgIpc) is 2.84. The van der Waals surface area contributed by atoms with E-state index < -0.39 is 10.0 Å². The number of sulfonamides is 1. The summed E-state index contributed by atoms with van der Waals surface area (Å²) in [5.41, 5.74) is 5.44. The molecule has 0 N–H and O–H groups in total. The Kier molecular flexibility index (Phi) is 7.31. The number of fused-ring (bicyclic) bond motifs is 3. The van der Waals surface area contributed by atoms with Gasteiger partial charge in [-0.25, -0.2) is 17.7 Å². The number of rotatable bonds is 6. The zero-order valence-corrected chi connectivity index (χ0v) is 25.1. The number of aliphatic imine (C=N–C) groups is 1. The molecule has 0 spiro atoms. The van der Waals surface area contributed by atoms with Crippen molar-refractivity contribution < 1.29 is 13.2 Å². The molecule has 1 aliphatic carbocycles. The highest BCUT2D eigenvalue weighted by Crippen LogP contribution is 2.48. The van der Waals surface area contributed by atoms with Gasteiger partial charge >= 0.3 is 0 Å². The van der Waals surface area contributed by atoms with Gasteiger partial charge < -0.3 is 9.64 Å². The van der Waals surface area contributed by atoms with Gasteiger partial charge in [0, 0.05) is 37.4 Å². The van der Waals surface area contributed by atoms with E-state index in [4.69, 9.17) is 9.73 Å². The molecule has 2 unspecified atom stereocenters. The summed E-state index contributed by atoms with van der Waals surface area (Å²) in [4.78, 5) is 7.41. The van der Waals surface area contributed by atoms with E-state index in [-0.39, 0.29) is 17.2 Å². The van der Waals surface area contributed by atoms with Crippen LogP contribution in [0.5, 0.6) is 5.75 Å². The van der Waals surface area contributed by atoms with Crippen LogP contribution in [-0.4, -0.2) is 49.9 Å². The lowest BCUT2D eigenvalue weighted by Gasteiger charge is -2.45. The minimum atomic E-state index is -3.31. The normalized spacial score (nSPS) is 24.5. The monoisotopic (exact) mass is 539 g/mol. The van der Waals surface area contributed by atoms with Crippen LogP contribution >= 0.6 is 0 Å². The van der Waals surface area contributed by atoms with Gasteiger partial charge in [-0.2, -0.15) is 0 Å². The van der Waals surface area contributed by atoms with Crippen LogP contribution in [0.2, 0.25) is 0 Å². The second kappa shape index (κ2) is 10.1. The van der Waals surface area contributed by atoms with Crippen LogP contribution in [0.1, 0.15) is 85.1 Å². The summed E-state index contributed by atoms with van der Waals surface area (Å²) in [6.45, 7) is 14.7. The lowest BCUT2D eigenvalue weighted by Crippen LogP contribution is -2.45. The van der Waals surface area contributed by atoms with Gasteiger partial charge in [-0.05, 0) is 93.4 Å². The van der Waals surface area contributed by atoms with Crippen LogP contribution in [0.25, 0.3) is 0 Å². The molecule has 0 radical (unpaired) electrons. The van der Waals surface area contributed by atoms with Gasteiger partial charge in [0.15, 0.2) is 5.75 Å². The third-order valence-corrected chi connectivity index (χ3v) is 11.1. The summed E-state index contributed by atoms with van der Waals surface area (Å²) in [7, 11) is -1.15. The maximum Gasteiger partial charge on any atom is 0.214 e. The molecule has 3 heterocycles. The SMILES string of the molecule is CC(C)CC(CS(=O)(=O)N1CCC(C)CC1)C1=CC2=Nc3cc4c(cc3OC2=CC1)N(C)C(C)(C)CC4C. The van der Waals surface area contributed by atoms with Crippen LogP contribution in [0.15, 0.2) is 40.6 Å². The van der Waals surface area contributed by atoms with Crippen LogP contribution in [0, 0.1) is 17.8 Å². The molecule has 38 heavy (non-hydrogen) atoms. The number of piperidine rings is 1. The quantitative estimate of drug-likeness (QED) is 0.398. The van der Waals surface area contributed by atoms with Crippen molar-refractivity contribution in [3.05, 3.63) is 41.2 Å². The molecule has 208 valence electrons. The first-order valence-corrected chi connectivity index (χ1v) is 16.0. The van der Waals surface area contributed by atoms with E-state index in [9.17, 15) is 8.42 Å². The Hall–Kier alpha value is -2.12. The smallest absolute Gasteiger partial charge is 0.214 e. The Morgan fingerprint density at radius 1 is 1.16 bits per heavy atom. The van der Waals surface area contributed by atoms with E-state index in [1.54, 1.807) is 4.31 Å². The first kappa shape index (κ1) is 27.4. The zero-order chi connectivity index (χ0) is 27.4. The largest absolute Gasteiger partial charge is 0.453 e. The van der Waals surface area contributed by atoms with E-state index in [2.05, 4.69) is 77.8 Å². The van der Waals surface area contributed by atoms with Gasteiger partial charge in [0.25, 0.3) is 0 Å². The van der Waals surface area contributed by atoms with Crippen molar-refractivity contribution in [3.8, 4) is 5.75 Å². The second-order valence-corrected chi connectivity index (χ2v) is 15.1. The first-order chi connectivity index (χ1) is 17.8. The number of hydrogen-bond donors (Lipinski definition) is 0. The lowest BCUT2D eigenvalue weighted by molar-refractivity contribution is 0.286. The molecule has 7 heteroatoms. The van der Waals surface area contributed by atoms with E-state index in [0.717, 1.165) is 54.2 Å². The highest BCUT2D eigenvalue weighted by molar-refractivity contribution is 7.89. The summed E-state index contributed by atoms with van der Waals surface area (Å²) < 4.78 is 35.0. The van der Waals surface area contributed by atoms with Crippen molar-refractivity contribution in [2.45, 2.75) is 85.1 Å². The van der Waals surface area contributed by atoms with Gasteiger partial charge in [-0.3, -0.25) is 0 Å². The van der Waals surface area contributed by atoms with Crippen molar-refractivity contribution in [3.63, 3.8) is 0 Å². The third-order valence-electron chi connectivity index (χ3n) is 9.10. The highest BCUT2D eigenvalue weighted by Gasteiger charge is 2.36. The number of benzene rings is 1. The summed E-state index contributed by atoms with van der Waals surface area (Å²) in [5, 5.41) is 0. The lowest BCUT2D eigenvalue weighted by atomic mass is 9.80. The van der Waals surface area contributed by atoms with Gasteiger partial charge in [-0.15, -0.1) is 0 Å². The maximum absolute atomic E-state index is 13.4. The van der Waals surface area contributed by atoms with Gasteiger partial charge in [-0.1, -0.05) is 33.3 Å². The molecule has 2 atom stereocenters. The van der Waals surface area contributed by atoms with Crippen molar-refractivity contribution in [2.75, 3.05) is 30.8 Å². The summed E-state index contributed by atoms with van der Waals surface area (Å²) in [6, 6.07) is 4.34. The Balaban J connectivity index is 1.44. The van der Waals surface area contributed by atoms with Crippen molar-refractivity contribution >= 4 is 27.1 Å². The fourth-order valence-corrected chi connectivity index (χ4v) is 8.44. The molecule has 3 aliphatic heterocycles. The predicted octanol–water partition coefficient (Wildman–Crippen LogP) is 6.81. The van der Waals surface area contributed by atoms with Crippen LogP contribution < -0.4 is 9.64 Å². The standard InChI is InChI=1S/C31H45N3O3S/c1-20(2)14-24(19-38(35,36)34-12-10-21(3)11-13-34)23-8-9-29-26(15-23)32-27-16-25-22(4)18-31(5,6)33(7)28(25)17-30(27)37-29/h9,15-17,20-22,24H,8,10-14,18-19H2,1-7H3. The Morgan fingerprint density at radius 2 is 1.87 bits per heavy atom. The number of anilines is 1. The van der Waals surface area contributed by atoms with Crippen LogP contribution in [0.4, 0.5) is 11.4 Å². The molecular weight excluding hydrogens is 494 g/mol. The minimum Gasteiger partial charge on any atom is -0.453 e. The molecule has 0 saturated carbocycles. The van der Waals surface area contributed by atoms with Crippen molar-refractivity contribution in [1.29, 1.82) is 0 Å². The summed E-state index contributed by atoms with van der Waals surface area (Å²) in [5.74, 6) is 3.17. The maximum atomic E-state index is 13.4. The van der Waals surface area contributed by atoms with Crippen molar-refractivity contribution in [1.82, 2.24) is 4.31 Å². The van der Waals surface area contributed by atoms with E-state index in [0.29, 0.717) is 37.3 Å². The molecule has 6 nitrogen and oxygen atoms in total. The molecule has 1 fully saturated rings. The Bertz CT molecular complexity index is 1280. The number of allylic oxidation sites excluding steroid dienone is 3. The summed E-state index contributed by atoms with van der Waals surface area (Å²) >= 11 is 0. The molecule has 4 aliphatic rings. The number of hydrogen-bond acceptors (Lipinski definition) is 5. The summed E-state index contributed by atoms with van der Waals surface area (Å²) in [6.07, 6.45) is 8.73. The van der Waals surface area contributed by atoms with E-state index in [1.165, 1.54) is 11.3 Å². The Labute approximate surface area is 229 Å². The zero-order valence-electron chi connectivity index (χ0n) is 24.3. The molecule has 0 aromatic heterocycles. The minimum absolute atomic E-state index is 0.0271. The molecule has 0 amide bonds. The topological polar surface area (TPSA) is 62.2 Å². The predicted molar refractivity (Wildman–Crippen MR) is 157 cm³/mol. The highest BCUT2D eigenvalue weighted by atomic mass is 32.2. The van der Waals surface area contributed by atoms with Crippen LogP contribution in [0.3, 0.4) is 0 Å². The number of ether oxygens (including phenoxy) is 1. The second-order valence-electron chi connectivity index (χ2n) is 13.1. The van der Waals surface area contributed by atoms with Gasteiger partial charge in [0.1, 0.15) is 17.2 Å². The van der Waals surface area contributed by atoms with E-state index in [1.807, 2.05) is 0 Å². The molecule has 5 rings (SSSR count). The molecule has 1 aromatic carbocycles. The van der Waals surface area contributed by atoms with Gasteiger partial charge in [0.05, 0.1) is 5.75 Å². The third kappa shape index (κ3) is 5.33. The van der Waals surface area contributed by atoms with Gasteiger partial charge in [0.2, 0.25) is 10.0 Å². The molecule has 1 saturated heterocycles. The number of nitrogens with zero attached hydrogens (tertiary/aromatic N) is 3. The van der Waals surface area contributed by atoms with Crippen LogP contribution in [-0.2, 0) is 10.0 Å². The average molecular weight is 540 g/mol. The molecular formula is C31H45N3O3S. The van der Waals surface area contributed by atoms with Crippen molar-refractivity contribution in [2.24, 2.45) is 22.7 Å². The fourth-order valence-electron chi connectivity index (χ4n) is 6.60.